The number of oxazole rings is 1. The van der Waals surface area contributed by atoms with Crippen molar-refractivity contribution in [2.24, 2.45) is 0 Å². The zero-order chi connectivity index (χ0) is 20.5. The van der Waals surface area contributed by atoms with Gasteiger partial charge in [-0.25, -0.2) is 4.98 Å². The van der Waals surface area contributed by atoms with Crippen LogP contribution in [0.25, 0.3) is 22.5 Å². The third kappa shape index (κ3) is 3.86. The molecule has 1 unspecified atom stereocenters. The Hall–Kier alpha value is -3.03. The normalized spacial score (nSPS) is 16.9. The van der Waals surface area contributed by atoms with Gasteiger partial charge in [-0.15, -0.1) is 0 Å². The van der Waals surface area contributed by atoms with E-state index in [1.165, 1.54) is 5.56 Å². The van der Waals surface area contributed by atoms with E-state index >= 15 is 0 Å². The molecule has 0 bridgehead atoms. The first kappa shape index (κ1) is 19.0. The Morgan fingerprint density at radius 1 is 0.967 bits per heavy atom. The van der Waals surface area contributed by atoms with Gasteiger partial charge in [0.25, 0.3) is 0 Å². The molecular formula is C23H25N5O2. The highest BCUT2D eigenvalue weighted by Gasteiger charge is 2.26. The number of aryl methyl sites for hydroxylation is 1. The fourth-order valence-electron chi connectivity index (χ4n) is 3.87. The summed E-state index contributed by atoms with van der Waals surface area (Å²) in [5.41, 5.74) is 3.96. The number of fused-ring (bicyclic) bond motifs is 1. The van der Waals surface area contributed by atoms with E-state index in [9.17, 15) is 0 Å². The quantitative estimate of drug-likeness (QED) is 0.497. The maximum Gasteiger partial charge on any atom is 0.244 e. The Bertz CT molecular complexity index is 1090. The molecule has 0 amide bonds. The first-order valence-corrected chi connectivity index (χ1v) is 10.4. The molecule has 7 nitrogen and oxygen atoms in total. The fraction of sp³-hybridized carbons (Fsp3) is 0.348. The highest BCUT2D eigenvalue weighted by atomic mass is 16.5. The minimum atomic E-state index is 0.0863. The molecule has 0 aliphatic carbocycles. The Morgan fingerprint density at radius 3 is 2.50 bits per heavy atom. The van der Waals surface area contributed by atoms with Crippen LogP contribution in [0, 0.1) is 6.92 Å². The number of piperazine rings is 1. The molecule has 154 valence electrons. The summed E-state index contributed by atoms with van der Waals surface area (Å²) < 4.78 is 11.4. The molecule has 2 aromatic carbocycles. The molecule has 7 heteroatoms. The van der Waals surface area contributed by atoms with Crippen molar-refractivity contribution in [1.82, 2.24) is 24.9 Å². The summed E-state index contributed by atoms with van der Waals surface area (Å²) in [7, 11) is 0. The third-order valence-corrected chi connectivity index (χ3v) is 5.76. The third-order valence-electron chi connectivity index (χ3n) is 5.76. The van der Waals surface area contributed by atoms with Crippen LogP contribution in [-0.2, 0) is 6.54 Å². The van der Waals surface area contributed by atoms with Gasteiger partial charge in [-0.1, -0.05) is 47.1 Å². The van der Waals surface area contributed by atoms with Crippen LogP contribution in [0.3, 0.4) is 0 Å². The van der Waals surface area contributed by atoms with Crippen molar-refractivity contribution in [2.75, 3.05) is 26.2 Å². The molecule has 30 heavy (non-hydrogen) atoms. The van der Waals surface area contributed by atoms with E-state index in [1.807, 2.05) is 36.4 Å². The van der Waals surface area contributed by atoms with Crippen molar-refractivity contribution in [3.05, 3.63) is 65.9 Å². The SMILES string of the molecule is Cc1ccc(-c2noc(C(C)N3CCN(Cc4nc5ccccc5o4)CC3)n2)cc1. The number of para-hydroxylation sites is 2. The molecule has 0 N–H and O–H groups in total. The van der Waals surface area contributed by atoms with Gasteiger partial charge in [0.1, 0.15) is 5.52 Å². The Kier molecular flexibility index (Phi) is 5.06. The second-order valence-corrected chi connectivity index (χ2v) is 7.89. The predicted octanol–water partition coefficient (Wildman–Crippen LogP) is 4.07. The van der Waals surface area contributed by atoms with Crippen molar-refractivity contribution in [3.8, 4) is 11.4 Å². The van der Waals surface area contributed by atoms with Gasteiger partial charge in [-0.3, -0.25) is 9.80 Å². The van der Waals surface area contributed by atoms with E-state index in [4.69, 9.17) is 8.94 Å². The fourth-order valence-corrected chi connectivity index (χ4v) is 3.87. The predicted molar refractivity (Wildman–Crippen MR) is 114 cm³/mol. The first-order valence-electron chi connectivity index (χ1n) is 10.4. The molecule has 3 heterocycles. The highest BCUT2D eigenvalue weighted by Crippen LogP contribution is 2.24. The molecular weight excluding hydrogens is 378 g/mol. The zero-order valence-corrected chi connectivity index (χ0v) is 17.3. The van der Waals surface area contributed by atoms with E-state index in [-0.39, 0.29) is 6.04 Å². The van der Waals surface area contributed by atoms with E-state index in [2.05, 4.69) is 50.9 Å². The second kappa shape index (κ2) is 8.01. The summed E-state index contributed by atoms with van der Waals surface area (Å²) in [6, 6.07) is 16.2. The molecule has 2 aromatic heterocycles. The van der Waals surface area contributed by atoms with Crippen LogP contribution in [0.15, 0.2) is 57.5 Å². The number of rotatable bonds is 5. The lowest BCUT2D eigenvalue weighted by Crippen LogP contribution is -2.46. The number of hydrogen-bond acceptors (Lipinski definition) is 7. The number of hydrogen-bond donors (Lipinski definition) is 0. The molecule has 1 aliphatic heterocycles. The van der Waals surface area contributed by atoms with Gasteiger partial charge < -0.3 is 8.94 Å². The molecule has 4 aromatic rings. The number of benzene rings is 2. The molecule has 1 saturated heterocycles. The van der Waals surface area contributed by atoms with Crippen LogP contribution in [0.4, 0.5) is 0 Å². The van der Waals surface area contributed by atoms with Gasteiger partial charge in [0.15, 0.2) is 5.58 Å². The zero-order valence-electron chi connectivity index (χ0n) is 17.3. The number of aromatic nitrogens is 3. The van der Waals surface area contributed by atoms with Gasteiger partial charge >= 0.3 is 0 Å². The lowest BCUT2D eigenvalue weighted by atomic mass is 10.1. The Labute approximate surface area is 175 Å². The summed E-state index contributed by atoms with van der Waals surface area (Å²) >= 11 is 0. The maximum absolute atomic E-state index is 5.87. The van der Waals surface area contributed by atoms with Gasteiger partial charge in [0, 0.05) is 31.7 Å². The average Bonchev–Trinajstić information content (AvgIpc) is 3.41. The van der Waals surface area contributed by atoms with Crippen molar-refractivity contribution in [1.29, 1.82) is 0 Å². The molecule has 1 fully saturated rings. The van der Waals surface area contributed by atoms with E-state index in [0.29, 0.717) is 11.7 Å². The topological polar surface area (TPSA) is 71.4 Å². The van der Waals surface area contributed by atoms with Crippen molar-refractivity contribution >= 4 is 11.1 Å². The van der Waals surface area contributed by atoms with Crippen LogP contribution >= 0.6 is 0 Å². The molecule has 1 atom stereocenters. The molecule has 0 radical (unpaired) electrons. The Morgan fingerprint density at radius 2 is 1.73 bits per heavy atom. The van der Waals surface area contributed by atoms with Crippen molar-refractivity contribution in [2.45, 2.75) is 26.4 Å². The summed E-state index contributed by atoms with van der Waals surface area (Å²) in [5, 5.41) is 4.18. The number of nitrogens with zero attached hydrogens (tertiary/aromatic N) is 5. The smallest absolute Gasteiger partial charge is 0.244 e. The van der Waals surface area contributed by atoms with Crippen molar-refractivity contribution in [3.63, 3.8) is 0 Å². The van der Waals surface area contributed by atoms with Gasteiger partial charge in [-0.05, 0) is 26.0 Å². The van der Waals surface area contributed by atoms with E-state index in [1.54, 1.807) is 0 Å². The standard InChI is InChI=1S/C23H25N5O2/c1-16-7-9-18(10-8-16)22-25-23(30-26-22)17(2)28-13-11-27(12-14-28)15-21-24-19-5-3-4-6-20(19)29-21/h3-10,17H,11-15H2,1-2H3. The minimum Gasteiger partial charge on any atom is -0.439 e. The molecule has 0 spiro atoms. The summed E-state index contributed by atoms with van der Waals surface area (Å²) in [4.78, 5) is 14.0. The molecule has 0 saturated carbocycles. The van der Waals surface area contributed by atoms with Gasteiger partial charge in [0.2, 0.25) is 17.6 Å². The highest BCUT2D eigenvalue weighted by molar-refractivity contribution is 5.72. The molecule has 5 rings (SSSR count). The monoisotopic (exact) mass is 403 g/mol. The van der Waals surface area contributed by atoms with Gasteiger partial charge in [0.05, 0.1) is 12.6 Å². The van der Waals surface area contributed by atoms with Gasteiger partial charge in [-0.2, -0.15) is 4.98 Å². The second-order valence-electron chi connectivity index (χ2n) is 7.89. The van der Waals surface area contributed by atoms with E-state index in [0.717, 1.165) is 55.3 Å². The Balaban J connectivity index is 1.19. The maximum atomic E-state index is 5.87. The van der Waals surface area contributed by atoms with Crippen LogP contribution in [0.2, 0.25) is 0 Å². The lowest BCUT2D eigenvalue weighted by molar-refractivity contribution is 0.0801. The summed E-state index contributed by atoms with van der Waals surface area (Å²) in [6.07, 6.45) is 0. The van der Waals surface area contributed by atoms with Crippen molar-refractivity contribution < 1.29 is 8.94 Å². The average molecular weight is 403 g/mol. The van der Waals surface area contributed by atoms with E-state index < -0.39 is 0 Å². The van der Waals surface area contributed by atoms with Crippen LogP contribution in [0.1, 0.15) is 30.3 Å². The van der Waals surface area contributed by atoms with Crippen LogP contribution < -0.4 is 0 Å². The largest absolute Gasteiger partial charge is 0.439 e. The molecule has 1 aliphatic rings. The van der Waals surface area contributed by atoms with Crippen LogP contribution in [0.5, 0.6) is 0 Å². The summed E-state index contributed by atoms with van der Waals surface area (Å²) in [6.45, 7) is 8.69. The first-order chi connectivity index (χ1) is 14.7. The lowest BCUT2D eigenvalue weighted by Gasteiger charge is -2.36. The summed E-state index contributed by atoms with van der Waals surface area (Å²) in [5.74, 6) is 2.08. The van der Waals surface area contributed by atoms with Crippen LogP contribution in [-0.4, -0.2) is 51.1 Å². The minimum absolute atomic E-state index is 0.0863.